The molecule has 0 unspecified atom stereocenters. The van der Waals surface area contributed by atoms with E-state index in [0.717, 1.165) is 29.9 Å². The van der Waals surface area contributed by atoms with Crippen molar-refractivity contribution in [2.75, 3.05) is 13.1 Å². The van der Waals surface area contributed by atoms with E-state index in [1.807, 2.05) is 37.3 Å². The number of amides is 1. The van der Waals surface area contributed by atoms with Gasteiger partial charge in [-0.25, -0.2) is 9.78 Å². The maximum Gasteiger partial charge on any atom is 0.407 e. The number of hydrogen-bond donors (Lipinski definition) is 1. The fourth-order valence-corrected chi connectivity index (χ4v) is 2.52. The summed E-state index contributed by atoms with van der Waals surface area (Å²) >= 11 is 0. The van der Waals surface area contributed by atoms with E-state index in [4.69, 9.17) is 5.11 Å². The molecule has 3 rings (SSSR count). The first-order chi connectivity index (χ1) is 10.7. The third-order valence-corrected chi connectivity index (χ3v) is 3.85. The zero-order valence-corrected chi connectivity index (χ0v) is 12.4. The summed E-state index contributed by atoms with van der Waals surface area (Å²) in [7, 11) is 0. The molecule has 1 N–H and O–H groups in total. The van der Waals surface area contributed by atoms with E-state index in [1.165, 1.54) is 10.5 Å². The standard InChI is InChI=1S/C16H18N4O2/c1-2-20-11-17-15(18-20)14-5-3-12(4-6-14)13-7-9-19(10-8-13)16(21)22/h3-7,11H,2,8-10H2,1H3,(H,21,22). The summed E-state index contributed by atoms with van der Waals surface area (Å²) in [5, 5.41) is 13.4. The first-order valence-corrected chi connectivity index (χ1v) is 7.34. The van der Waals surface area contributed by atoms with E-state index in [-0.39, 0.29) is 0 Å². The molecule has 0 bridgehead atoms. The van der Waals surface area contributed by atoms with Gasteiger partial charge < -0.3 is 10.0 Å². The van der Waals surface area contributed by atoms with Gasteiger partial charge in [0.1, 0.15) is 6.33 Å². The van der Waals surface area contributed by atoms with Crippen molar-refractivity contribution in [2.45, 2.75) is 19.9 Å². The van der Waals surface area contributed by atoms with Gasteiger partial charge in [0, 0.05) is 25.2 Å². The lowest BCUT2D eigenvalue weighted by Crippen LogP contribution is -2.33. The maximum atomic E-state index is 10.9. The Hall–Kier alpha value is -2.63. The topological polar surface area (TPSA) is 71.2 Å². The minimum atomic E-state index is -0.858. The van der Waals surface area contributed by atoms with E-state index < -0.39 is 6.09 Å². The SMILES string of the molecule is CCn1cnc(-c2ccc(C3=CCN(C(=O)O)CC3)cc2)n1. The van der Waals surface area contributed by atoms with Gasteiger partial charge in [-0.1, -0.05) is 30.3 Å². The van der Waals surface area contributed by atoms with Crippen LogP contribution < -0.4 is 0 Å². The van der Waals surface area contributed by atoms with Crippen molar-refractivity contribution in [1.82, 2.24) is 19.7 Å². The fraction of sp³-hybridized carbons (Fsp3) is 0.312. The van der Waals surface area contributed by atoms with Crippen molar-refractivity contribution in [2.24, 2.45) is 0 Å². The molecule has 0 spiro atoms. The minimum Gasteiger partial charge on any atom is -0.465 e. The molecule has 2 aromatic rings. The Labute approximate surface area is 128 Å². The summed E-state index contributed by atoms with van der Waals surface area (Å²) in [6, 6.07) is 8.11. The van der Waals surface area contributed by atoms with Crippen molar-refractivity contribution in [3.8, 4) is 11.4 Å². The van der Waals surface area contributed by atoms with Crippen LogP contribution in [0, 0.1) is 0 Å². The Bertz CT molecular complexity index is 703. The summed E-state index contributed by atoms with van der Waals surface area (Å²) in [6.45, 7) is 3.83. The quantitative estimate of drug-likeness (QED) is 0.945. The molecule has 6 nitrogen and oxygen atoms in total. The normalized spacial score (nSPS) is 14.8. The highest BCUT2D eigenvalue weighted by Crippen LogP contribution is 2.24. The van der Waals surface area contributed by atoms with E-state index in [1.54, 1.807) is 11.0 Å². The van der Waals surface area contributed by atoms with Crippen LogP contribution >= 0.6 is 0 Å². The van der Waals surface area contributed by atoms with Crippen molar-refractivity contribution >= 4 is 11.7 Å². The van der Waals surface area contributed by atoms with Crippen LogP contribution in [0.1, 0.15) is 18.9 Å². The lowest BCUT2D eigenvalue weighted by Gasteiger charge is -2.23. The third kappa shape index (κ3) is 2.86. The lowest BCUT2D eigenvalue weighted by atomic mass is 9.98. The van der Waals surface area contributed by atoms with E-state index in [9.17, 15) is 4.79 Å². The second kappa shape index (κ2) is 6.01. The number of carboxylic acid groups (broad SMARTS) is 1. The Morgan fingerprint density at radius 2 is 2.00 bits per heavy atom. The van der Waals surface area contributed by atoms with Gasteiger partial charge in [0.25, 0.3) is 0 Å². The van der Waals surface area contributed by atoms with Gasteiger partial charge in [0.15, 0.2) is 5.82 Å². The fourth-order valence-electron chi connectivity index (χ4n) is 2.52. The van der Waals surface area contributed by atoms with Crippen molar-refractivity contribution in [3.63, 3.8) is 0 Å². The molecule has 114 valence electrons. The lowest BCUT2D eigenvalue weighted by molar-refractivity contribution is 0.150. The molecule has 1 aromatic carbocycles. The van der Waals surface area contributed by atoms with Crippen LogP contribution in [0.5, 0.6) is 0 Å². The highest BCUT2D eigenvalue weighted by atomic mass is 16.4. The molecule has 0 saturated heterocycles. The summed E-state index contributed by atoms with van der Waals surface area (Å²) in [5.41, 5.74) is 3.30. The van der Waals surface area contributed by atoms with Gasteiger partial charge in [-0.2, -0.15) is 5.10 Å². The third-order valence-electron chi connectivity index (χ3n) is 3.85. The molecule has 1 aromatic heterocycles. The average molecular weight is 298 g/mol. The van der Waals surface area contributed by atoms with Crippen molar-refractivity contribution in [1.29, 1.82) is 0 Å². The average Bonchev–Trinajstić information content (AvgIpc) is 3.04. The predicted molar refractivity (Wildman–Crippen MR) is 83.3 cm³/mol. The van der Waals surface area contributed by atoms with Crippen LogP contribution in [0.4, 0.5) is 4.79 Å². The largest absolute Gasteiger partial charge is 0.465 e. The molecule has 0 saturated carbocycles. The van der Waals surface area contributed by atoms with Crippen molar-refractivity contribution in [3.05, 3.63) is 42.2 Å². The Balaban J connectivity index is 1.76. The Kier molecular flexibility index (Phi) is 3.91. The van der Waals surface area contributed by atoms with Gasteiger partial charge in [-0.3, -0.25) is 4.68 Å². The summed E-state index contributed by atoms with van der Waals surface area (Å²) in [5.74, 6) is 0.725. The van der Waals surface area contributed by atoms with E-state index in [0.29, 0.717) is 13.1 Å². The summed E-state index contributed by atoms with van der Waals surface area (Å²) < 4.78 is 1.80. The smallest absolute Gasteiger partial charge is 0.407 e. The second-order valence-electron chi connectivity index (χ2n) is 5.21. The molecule has 0 atom stereocenters. The molecule has 1 aliphatic rings. The van der Waals surface area contributed by atoms with E-state index >= 15 is 0 Å². The van der Waals surface area contributed by atoms with Crippen LogP contribution in [0.3, 0.4) is 0 Å². The Morgan fingerprint density at radius 1 is 1.27 bits per heavy atom. The number of rotatable bonds is 3. The summed E-state index contributed by atoms with van der Waals surface area (Å²) in [4.78, 5) is 16.6. The summed E-state index contributed by atoms with van der Waals surface area (Å²) in [6.07, 6.45) is 3.60. The van der Waals surface area contributed by atoms with Crippen LogP contribution in [0.15, 0.2) is 36.7 Å². The van der Waals surface area contributed by atoms with Crippen LogP contribution in [0.2, 0.25) is 0 Å². The molecule has 1 amide bonds. The van der Waals surface area contributed by atoms with Gasteiger partial charge in [-0.05, 0) is 24.5 Å². The zero-order chi connectivity index (χ0) is 15.5. The van der Waals surface area contributed by atoms with Gasteiger partial charge in [-0.15, -0.1) is 0 Å². The van der Waals surface area contributed by atoms with E-state index in [2.05, 4.69) is 10.1 Å². The van der Waals surface area contributed by atoms with Crippen LogP contribution in [0.25, 0.3) is 17.0 Å². The van der Waals surface area contributed by atoms with Crippen LogP contribution in [-0.4, -0.2) is 44.0 Å². The van der Waals surface area contributed by atoms with Crippen LogP contribution in [-0.2, 0) is 6.54 Å². The van der Waals surface area contributed by atoms with Gasteiger partial charge >= 0.3 is 6.09 Å². The second-order valence-corrected chi connectivity index (χ2v) is 5.21. The number of hydrogen-bond acceptors (Lipinski definition) is 3. The molecule has 0 aliphatic carbocycles. The monoisotopic (exact) mass is 298 g/mol. The Morgan fingerprint density at radius 3 is 2.55 bits per heavy atom. The molecule has 2 heterocycles. The first kappa shape index (κ1) is 14.3. The number of nitrogens with zero attached hydrogens (tertiary/aromatic N) is 4. The minimum absolute atomic E-state index is 0.453. The molecular formula is C16H18N4O2. The highest BCUT2D eigenvalue weighted by molar-refractivity contribution is 5.72. The molecule has 6 heteroatoms. The van der Waals surface area contributed by atoms with Gasteiger partial charge in [0.05, 0.1) is 0 Å². The van der Waals surface area contributed by atoms with Crippen molar-refractivity contribution < 1.29 is 9.90 Å². The number of aromatic nitrogens is 3. The predicted octanol–water partition coefficient (Wildman–Crippen LogP) is 2.73. The molecule has 0 radical (unpaired) electrons. The first-order valence-electron chi connectivity index (χ1n) is 7.34. The number of carbonyl (C=O) groups is 1. The zero-order valence-electron chi connectivity index (χ0n) is 12.4. The maximum absolute atomic E-state index is 10.9. The molecular weight excluding hydrogens is 280 g/mol. The highest BCUT2D eigenvalue weighted by Gasteiger charge is 2.16. The molecule has 1 aliphatic heterocycles. The number of aryl methyl sites for hydroxylation is 1. The molecule has 0 fully saturated rings. The van der Waals surface area contributed by atoms with Gasteiger partial charge in [0.2, 0.25) is 0 Å². The number of benzene rings is 1. The molecule has 22 heavy (non-hydrogen) atoms.